The first kappa shape index (κ1) is 37.0. The molecule has 15 heteroatoms. The number of nitrogens with zero attached hydrogens (tertiary/aromatic N) is 3. The summed E-state index contributed by atoms with van der Waals surface area (Å²) in [4.78, 5) is 34.8. The molecular weight excluding hydrogens is 737 g/mol. The van der Waals surface area contributed by atoms with Crippen LogP contribution in [0.3, 0.4) is 0 Å². The number of alkyl halides is 3. The largest absolute Gasteiger partial charge is 0.481 e. The van der Waals surface area contributed by atoms with Crippen LogP contribution < -0.4 is 25.4 Å². The standard InChI is InChI=1S/C40H40ClF3N6O5/c1-54-35-22(19-50-20-38(21-50)14-13-32(51)49-38)9-11-31(47-35)28-8-4-7-27(33(28)41)24-5-3-6-26-25(24)10-12-30(26)46-34-29(40(42,43)44)17-23(36(48-34)55-2)18-45-39(15-16-39)37(52)53/h3-9,11,17,30,45H,10,12-16,18-21H2,1-2H3,(H,46,48)(H,49,51)(H,52,53)/t30-/m0/s1. The molecule has 4 aliphatic rings. The molecule has 1 amide bonds. The second-order valence-electron chi connectivity index (χ2n) is 14.9. The van der Waals surface area contributed by atoms with E-state index in [1.807, 2.05) is 48.5 Å². The molecule has 4 aromatic rings. The van der Waals surface area contributed by atoms with Gasteiger partial charge < -0.3 is 25.2 Å². The van der Waals surface area contributed by atoms with Crippen molar-refractivity contribution >= 4 is 29.3 Å². The molecule has 2 aromatic heterocycles. The second kappa shape index (κ2) is 14.0. The number of fused-ring (bicyclic) bond motifs is 1. The molecule has 2 aliphatic heterocycles. The van der Waals surface area contributed by atoms with Crippen LogP contribution in [0.5, 0.6) is 11.8 Å². The third-order valence-electron chi connectivity index (χ3n) is 11.3. The number of likely N-dealkylation sites (tertiary alicyclic amines) is 1. The molecule has 2 aromatic carbocycles. The number of aliphatic carboxylic acids is 1. The molecule has 1 atom stereocenters. The fourth-order valence-corrected chi connectivity index (χ4v) is 8.60. The number of carbonyl (C=O) groups is 2. The number of carboxylic acid groups (broad SMARTS) is 1. The first-order valence-corrected chi connectivity index (χ1v) is 18.6. The van der Waals surface area contributed by atoms with E-state index >= 15 is 0 Å². The summed E-state index contributed by atoms with van der Waals surface area (Å²) in [5.41, 5.74) is 3.61. The van der Waals surface area contributed by atoms with Crippen LogP contribution in [0.25, 0.3) is 22.4 Å². The van der Waals surface area contributed by atoms with Gasteiger partial charge in [0.05, 0.1) is 42.1 Å². The molecule has 11 nitrogen and oxygen atoms in total. The van der Waals surface area contributed by atoms with Crippen molar-refractivity contribution in [2.75, 3.05) is 32.6 Å². The van der Waals surface area contributed by atoms with Crippen LogP contribution >= 0.6 is 11.6 Å². The van der Waals surface area contributed by atoms with E-state index in [1.165, 1.54) is 7.11 Å². The number of benzene rings is 2. The van der Waals surface area contributed by atoms with Crippen molar-refractivity contribution in [3.63, 3.8) is 0 Å². The highest BCUT2D eigenvalue weighted by Gasteiger charge is 2.50. The monoisotopic (exact) mass is 776 g/mol. The molecule has 288 valence electrons. The molecule has 2 aliphatic carbocycles. The molecule has 1 spiro atoms. The molecule has 3 fully saturated rings. The smallest absolute Gasteiger partial charge is 0.419 e. The minimum Gasteiger partial charge on any atom is -0.481 e. The summed E-state index contributed by atoms with van der Waals surface area (Å²) in [6.07, 6.45) is -1.43. The zero-order chi connectivity index (χ0) is 38.7. The number of nitrogens with one attached hydrogen (secondary N) is 3. The van der Waals surface area contributed by atoms with Gasteiger partial charge in [0.2, 0.25) is 17.7 Å². The van der Waals surface area contributed by atoms with E-state index in [9.17, 15) is 27.9 Å². The Balaban J connectivity index is 1.04. The van der Waals surface area contributed by atoms with E-state index in [1.54, 1.807) is 7.11 Å². The van der Waals surface area contributed by atoms with Crippen molar-refractivity contribution in [2.24, 2.45) is 0 Å². The molecule has 4 N–H and O–H groups in total. The van der Waals surface area contributed by atoms with Crippen molar-refractivity contribution < 1.29 is 37.3 Å². The number of rotatable bonds is 12. The normalized spacial score (nSPS) is 19.5. The Morgan fingerprint density at radius 1 is 0.982 bits per heavy atom. The SMILES string of the molecule is COc1nc(-c2cccc(-c3cccc4c3CC[C@@H]4Nc3nc(OC)c(CNC4(C(=O)O)CC4)cc3C(F)(F)F)c2Cl)ccc1CN1CC2(CCC(=O)N2)C1. The lowest BCUT2D eigenvalue weighted by molar-refractivity contribution is -0.141. The Morgan fingerprint density at radius 2 is 1.69 bits per heavy atom. The van der Waals surface area contributed by atoms with Gasteiger partial charge in [0.1, 0.15) is 11.4 Å². The van der Waals surface area contributed by atoms with E-state index in [0.717, 1.165) is 53.4 Å². The number of pyridine rings is 2. The fourth-order valence-electron chi connectivity index (χ4n) is 8.27. The zero-order valence-corrected chi connectivity index (χ0v) is 31.0. The maximum absolute atomic E-state index is 14.5. The predicted octanol–water partition coefficient (Wildman–Crippen LogP) is 6.77. The quantitative estimate of drug-likeness (QED) is 0.122. The molecular formula is C40H40ClF3N6O5. The first-order chi connectivity index (χ1) is 26.3. The number of hydrogen-bond acceptors (Lipinski definition) is 9. The number of carboxylic acids is 1. The minimum absolute atomic E-state index is 0.0222. The number of ether oxygens (including phenoxy) is 2. The molecule has 2 saturated heterocycles. The van der Waals surface area contributed by atoms with Gasteiger partial charge in [-0.3, -0.25) is 19.8 Å². The molecule has 4 heterocycles. The maximum Gasteiger partial charge on any atom is 0.419 e. The summed E-state index contributed by atoms with van der Waals surface area (Å²) in [5.74, 6) is -0.828. The van der Waals surface area contributed by atoms with Gasteiger partial charge in [0.15, 0.2) is 0 Å². The third kappa shape index (κ3) is 6.95. The number of amides is 1. The van der Waals surface area contributed by atoms with Gasteiger partial charge in [-0.05, 0) is 60.9 Å². The fraction of sp³-hybridized carbons (Fsp3) is 0.400. The van der Waals surface area contributed by atoms with Crippen molar-refractivity contribution in [2.45, 2.75) is 74.9 Å². The topological polar surface area (TPSA) is 138 Å². The van der Waals surface area contributed by atoms with Gasteiger partial charge in [0, 0.05) is 54.9 Å². The zero-order valence-electron chi connectivity index (χ0n) is 30.3. The van der Waals surface area contributed by atoms with Crippen LogP contribution in [-0.2, 0) is 35.3 Å². The molecule has 0 bridgehead atoms. The Hall–Kier alpha value is -4.92. The van der Waals surface area contributed by atoms with E-state index in [2.05, 4.69) is 25.8 Å². The van der Waals surface area contributed by atoms with E-state index in [4.69, 9.17) is 26.1 Å². The molecule has 0 radical (unpaired) electrons. The lowest BCUT2D eigenvalue weighted by atomic mass is 9.88. The Labute approximate surface area is 320 Å². The summed E-state index contributed by atoms with van der Waals surface area (Å²) < 4.78 is 54.6. The van der Waals surface area contributed by atoms with Crippen molar-refractivity contribution in [1.82, 2.24) is 25.5 Å². The second-order valence-corrected chi connectivity index (χ2v) is 15.3. The Bertz CT molecular complexity index is 2190. The van der Waals surface area contributed by atoms with Crippen molar-refractivity contribution in [1.29, 1.82) is 0 Å². The lowest BCUT2D eigenvalue weighted by Crippen LogP contribution is -2.66. The lowest BCUT2D eigenvalue weighted by Gasteiger charge is -2.48. The average Bonchev–Trinajstić information content (AvgIpc) is 3.70. The Kier molecular flexibility index (Phi) is 9.41. The summed E-state index contributed by atoms with van der Waals surface area (Å²) >= 11 is 7.15. The van der Waals surface area contributed by atoms with E-state index < -0.39 is 29.3 Å². The van der Waals surface area contributed by atoms with Crippen molar-refractivity contribution in [3.05, 3.63) is 87.4 Å². The van der Waals surface area contributed by atoms with Gasteiger partial charge in [-0.1, -0.05) is 54.1 Å². The highest BCUT2D eigenvalue weighted by molar-refractivity contribution is 6.36. The highest BCUT2D eigenvalue weighted by atomic mass is 35.5. The van der Waals surface area contributed by atoms with Gasteiger partial charge in [-0.25, -0.2) is 4.98 Å². The minimum atomic E-state index is -4.74. The van der Waals surface area contributed by atoms with Crippen LogP contribution in [0, 0.1) is 0 Å². The number of aromatic nitrogens is 2. The van der Waals surface area contributed by atoms with Crippen LogP contribution in [0.1, 0.15) is 66.0 Å². The number of methoxy groups -OCH3 is 2. The summed E-state index contributed by atoms with van der Waals surface area (Å²) in [7, 11) is 2.91. The third-order valence-corrected chi connectivity index (χ3v) is 11.7. The summed E-state index contributed by atoms with van der Waals surface area (Å²) in [5, 5.41) is 19.0. The molecule has 1 saturated carbocycles. The van der Waals surface area contributed by atoms with Crippen LogP contribution in [-0.4, -0.2) is 70.2 Å². The van der Waals surface area contributed by atoms with Gasteiger partial charge in [0.25, 0.3) is 0 Å². The van der Waals surface area contributed by atoms with Gasteiger partial charge in [-0.15, -0.1) is 0 Å². The van der Waals surface area contributed by atoms with Gasteiger partial charge >= 0.3 is 12.1 Å². The van der Waals surface area contributed by atoms with E-state index in [0.29, 0.717) is 60.8 Å². The number of halogens is 4. The predicted molar refractivity (Wildman–Crippen MR) is 199 cm³/mol. The summed E-state index contributed by atoms with van der Waals surface area (Å²) in [6.45, 7) is 2.05. The highest BCUT2D eigenvalue weighted by Crippen LogP contribution is 2.46. The number of hydrogen-bond donors (Lipinski definition) is 4. The van der Waals surface area contributed by atoms with Gasteiger partial charge in [-0.2, -0.15) is 18.2 Å². The average molecular weight is 777 g/mol. The number of carbonyl (C=O) groups excluding carboxylic acids is 1. The van der Waals surface area contributed by atoms with E-state index in [-0.39, 0.29) is 35.3 Å². The van der Waals surface area contributed by atoms with Crippen LogP contribution in [0.15, 0.2) is 54.6 Å². The summed E-state index contributed by atoms with van der Waals surface area (Å²) in [6, 6.07) is 15.9. The Morgan fingerprint density at radius 3 is 2.36 bits per heavy atom. The van der Waals surface area contributed by atoms with Crippen LogP contribution in [0.2, 0.25) is 5.02 Å². The number of anilines is 1. The van der Waals surface area contributed by atoms with Crippen LogP contribution in [0.4, 0.5) is 19.0 Å². The maximum atomic E-state index is 14.5. The molecule has 0 unspecified atom stereocenters. The first-order valence-electron chi connectivity index (χ1n) is 18.2. The molecule has 8 rings (SSSR count). The van der Waals surface area contributed by atoms with Crippen molar-refractivity contribution in [3.8, 4) is 34.1 Å². The molecule has 55 heavy (non-hydrogen) atoms.